The molecule has 0 N–H and O–H groups in total. The number of halogens is 1. The zero-order valence-electron chi connectivity index (χ0n) is 14.6. The molecule has 0 saturated heterocycles. The molecule has 128 valence electrons. The summed E-state index contributed by atoms with van der Waals surface area (Å²) in [7, 11) is 0. The first-order chi connectivity index (χ1) is 13.3. The van der Waals surface area contributed by atoms with E-state index in [1.54, 1.807) is 0 Å². The van der Waals surface area contributed by atoms with Crippen molar-refractivity contribution in [2.45, 2.75) is 6.42 Å². The van der Waals surface area contributed by atoms with E-state index in [1.807, 2.05) is 0 Å². The van der Waals surface area contributed by atoms with Gasteiger partial charge in [0.25, 0.3) is 0 Å². The molecule has 0 atom stereocenters. The number of benzene rings is 4. The predicted octanol–water partition coefficient (Wildman–Crippen LogP) is 7.12. The van der Waals surface area contributed by atoms with E-state index in [2.05, 4.69) is 105 Å². The lowest BCUT2D eigenvalue weighted by molar-refractivity contribution is 1.18. The first-order valence-electron chi connectivity index (χ1n) is 9.20. The second kappa shape index (κ2) is 5.58. The van der Waals surface area contributed by atoms with Gasteiger partial charge in [-0.1, -0.05) is 64.5 Å². The SMILES string of the molecule is Brc1cccc2c1Cc1cc3c4ccccc4n(-c4ccccc4)c3cc1-2. The van der Waals surface area contributed by atoms with Crippen molar-refractivity contribution in [3.63, 3.8) is 0 Å². The first kappa shape index (κ1) is 15.2. The van der Waals surface area contributed by atoms with Gasteiger partial charge in [0.2, 0.25) is 0 Å². The van der Waals surface area contributed by atoms with Crippen molar-refractivity contribution in [3.05, 3.63) is 101 Å². The van der Waals surface area contributed by atoms with E-state index < -0.39 is 0 Å². The van der Waals surface area contributed by atoms with Gasteiger partial charge in [0.05, 0.1) is 11.0 Å². The van der Waals surface area contributed by atoms with Gasteiger partial charge in [-0.3, -0.25) is 0 Å². The molecule has 0 radical (unpaired) electrons. The maximum Gasteiger partial charge on any atom is 0.0547 e. The number of nitrogens with zero attached hydrogens (tertiary/aromatic N) is 1. The number of rotatable bonds is 1. The standard InChI is InChI=1S/C25H16BrN/c26-23-11-6-10-18-20-15-25-22(14-16(20)13-21(18)23)19-9-4-5-12-24(19)27(25)17-7-2-1-3-8-17/h1-12,14-15H,13H2. The molecule has 1 aromatic heterocycles. The van der Waals surface area contributed by atoms with Crippen molar-refractivity contribution in [3.8, 4) is 16.8 Å². The Hall–Kier alpha value is -2.84. The fraction of sp³-hybridized carbons (Fsp3) is 0.0400. The summed E-state index contributed by atoms with van der Waals surface area (Å²) in [4.78, 5) is 0. The van der Waals surface area contributed by atoms with Crippen LogP contribution < -0.4 is 0 Å². The van der Waals surface area contributed by atoms with Gasteiger partial charge in [0.15, 0.2) is 0 Å². The van der Waals surface area contributed by atoms with E-state index in [4.69, 9.17) is 0 Å². The summed E-state index contributed by atoms with van der Waals surface area (Å²) in [6.45, 7) is 0. The Balaban J connectivity index is 1.76. The molecule has 0 unspecified atom stereocenters. The highest BCUT2D eigenvalue weighted by Gasteiger charge is 2.23. The second-order valence-corrected chi connectivity index (χ2v) is 8.01. The molecule has 0 saturated carbocycles. The van der Waals surface area contributed by atoms with Crippen LogP contribution in [0.1, 0.15) is 11.1 Å². The molecule has 0 fully saturated rings. The van der Waals surface area contributed by atoms with Crippen LogP contribution in [0.15, 0.2) is 89.4 Å². The predicted molar refractivity (Wildman–Crippen MR) is 117 cm³/mol. The Morgan fingerprint density at radius 1 is 0.667 bits per heavy atom. The van der Waals surface area contributed by atoms with Gasteiger partial charge in [-0.25, -0.2) is 0 Å². The quantitative estimate of drug-likeness (QED) is 0.272. The molecule has 0 amide bonds. The van der Waals surface area contributed by atoms with E-state index in [0.29, 0.717) is 0 Å². The Bertz CT molecular complexity index is 1350. The molecule has 27 heavy (non-hydrogen) atoms. The van der Waals surface area contributed by atoms with Crippen LogP contribution in [0.4, 0.5) is 0 Å². The van der Waals surface area contributed by atoms with Crippen LogP contribution in [-0.2, 0) is 6.42 Å². The normalized spacial score (nSPS) is 12.5. The van der Waals surface area contributed by atoms with E-state index in [1.165, 1.54) is 54.2 Å². The average Bonchev–Trinajstić information content (AvgIpc) is 3.23. The summed E-state index contributed by atoms with van der Waals surface area (Å²) in [6, 6.07) is 30.7. The lowest BCUT2D eigenvalue weighted by Crippen LogP contribution is -1.93. The zero-order chi connectivity index (χ0) is 18.0. The van der Waals surface area contributed by atoms with Gasteiger partial charge >= 0.3 is 0 Å². The topological polar surface area (TPSA) is 4.93 Å². The number of aromatic nitrogens is 1. The van der Waals surface area contributed by atoms with E-state index in [-0.39, 0.29) is 0 Å². The lowest BCUT2D eigenvalue weighted by Gasteiger charge is -2.09. The first-order valence-corrected chi connectivity index (χ1v) is 10.00. The van der Waals surface area contributed by atoms with E-state index in [0.717, 1.165) is 6.42 Å². The van der Waals surface area contributed by atoms with Crippen molar-refractivity contribution >= 4 is 37.7 Å². The van der Waals surface area contributed by atoms with Crippen LogP contribution in [0.25, 0.3) is 38.6 Å². The Morgan fingerprint density at radius 2 is 1.48 bits per heavy atom. The molecule has 0 bridgehead atoms. The second-order valence-electron chi connectivity index (χ2n) is 7.16. The molecule has 4 aromatic carbocycles. The van der Waals surface area contributed by atoms with Gasteiger partial charge < -0.3 is 4.57 Å². The van der Waals surface area contributed by atoms with Gasteiger partial charge in [-0.05, 0) is 65.1 Å². The van der Waals surface area contributed by atoms with E-state index in [9.17, 15) is 0 Å². The summed E-state index contributed by atoms with van der Waals surface area (Å²) >= 11 is 3.74. The van der Waals surface area contributed by atoms with Crippen LogP contribution in [0, 0.1) is 0 Å². The number of para-hydroxylation sites is 2. The summed E-state index contributed by atoms with van der Waals surface area (Å²) < 4.78 is 3.60. The summed E-state index contributed by atoms with van der Waals surface area (Å²) in [5, 5.41) is 2.64. The summed E-state index contributed by atoms with van der Waals surface area (Å²) in [6.07, 6.45) is 0.993. The van der Waals surface area contributed by atoms with Crippen LogP contribution in [0.2, 0.25) is 0 Å². The fourth-order valence-corrected chi connectivity index (χ4v) is 5.00. The maximum atomic E-state index is 3.74. The van der Waals surface area contributed by atoms with Crippen molar-refractivity contribution < 1.29 is 0 Å². The largest absolute Gasteiger partial charge is 0.309 e. The fourth-order valence-electron chi connectivity index (χ4n) is 4.49. The van der Waals surface area contributed by atoms with Crippen LogP contribution >= 0.6 is 15.9 Å². The molecule has 0 aliphatic heterocycles. The molecule has 5 aromatic rings. The number of hydrogen-bond acceptors (Lipinski definition) is 0. The molecule has 1 aliphatic carbocycles. The minimum Gasteiger partial charge on any atom is -0.309 e. The zero-order valence-corrected chi connectivity index (χ0v) is 16.2. The highest BCUT2D eigenvalue weighted by atomic mass is 79.9. The minimum absolute atomic E-state index is 0.993. The van der Waals surface area contributed by atoms with Crippen LogP contribution in [0.5, 0.6) is 0 Å². The molecule has 1 heterocycles. The average molecular weight is 410 g/mol. The van der Waals surface area contributed by atoms with Crippen molar-refractivity contribution in [2.75, 3.05) is 0 Å². The molecule has 6 rings (SSSR count). The molecule has 1 nitrogen and oxygen atoms in total. The molecule has 1 aliphatic rings. The minimum atomic E-state index is 0.993. The number of fused-ring (bicyclic) bond motifs is 6. The molecular formula is C25H16BrN. The van der Waals surface area contributed by atoms with Gasteiger partial charge in [0, 0.05) is 20.9 Å². The smallest absolute Gasteiger partial charge is 0.0547 e. The highest BCUT2D eigenvalue weighted by Crippen LogP contribution is 2.44. The molecule has 0 spiro atoms. The van der Waals surface area contributed by atoms with Crippen molar-refractivity contribution in [1.82, 2.24) is 4.57 Å². The molecule has 2 heteroatoms. The van der Waals surface area contributed by atoms with Crippen LogP contribution in [0.3, 0.4) is 0 Å². The third-order valence-electron chi connectivity index (χ3n) is 5.69. The van der Waals surface area contributed by atoms with Gasteiger partial charge in [-0.15, -0.1) is 0 Å². The lowest BCUT2D eigenvalue weighted by atomic mass is 10.0. The van der Waals surface area contributed by atoms with Crippen molar-refractivity contribution in [1.29, 1.82) is 0 Å². The summed E-state index contributed by atoms with van der Waals surface area (Å²) in [5.74, 6) is 0. The Labute approximate surface area is 166 Å². The third kappa shape index (κ3) is 2.11. The van der Waals surface area contributed by atoms with Gasteiger partial charge in [0.1, 0.15) is 0 Å². The van der Waals surface area contributed by atoms with Gasteiger partial charge in [-0.2, -0.15) is 0 Å². The maximum absolute atomic E-state index is 3.74. The monoisotopic (exact) mass is 409 g/mol. The summed E-state index contributed by atoms with van der Waals surface area (Å²) in [5.41, 5.74) is 9.27. The van der Waals surface area contributed by atoms with Crippen molar-refractivity contribution in [2.24, 2.45) is 0 Å². The molecular weight excluding hydrogens is 394 g/mol. The van der Waals surface area contributed by atoms with E-state index >= 15 is 0 Å². The third-order valence-corrected chi connectivity index (χ3v) is 6.43. The Kier molecular flexibility index (Phi) is 3.15. The number of hydrogen-bond donors (Lipinski definition) is 0. The highest BCUT2D eigenvalue weighted by molar-refractivity contribution is 9.10. The van der Waals surface area contributed by atoms with Crippen LogP contribution in [-0.4, -0.2) is 4.57 Å². The Morgan fingerprint density at radius 3 is 2.37 bits per heavy atom.